The lowest BCUT2D eigenvalue weighted by Crippen LogP contribution is -2.26. The van der Waals surface area contributed by atoms with Crippen LogP contribution < -0.4 is 5.32 Å². The molecule has 21 heavy (non-hydrogen) atoms. The van der Waals surface area contributed by atoms with Gasteiger partial charge in [0.15, 0.2) is 0 Å². The summed E-state index contributed by atoms with van der Waals surface area (Å²) in [6.07, 6.45) is 2.43. The van der Waals surface area contributed by atoms with Crippen LogP contribution in [0.1, 0.15) is 50.8 Å². The zero-order valence-electron chi connectivity index (χ0n) is 13.1. The van der Waals surface area contributed by atoms with Crippen LogP contribution in [0.2, 0.25) is 0 Å². The van der Waals surface area contributed by atoms with Gasteiger partial charge in [-0.25, -0.2) is 4.98 Å². The van der Waals surface area contributed by atoms with Crippen molar-refractivity contribution in [3.63, 3.8) is 0 Å². The Morgan fingerprint density at radius 3 is 2.38 bits per heavy atom. The van der Waals surface area contributed by atoms with E-state index in [1.807, 2.05) is 0 Å². The second-order valence-electron chi connectivity index (χ2n) is 6.93. The molecule has 0 unspecified atom stereocenters. The van der Waals surface area contributed by atoms with E-state index in [4.69, 9.17) is 4.98 Å². The summed E-state index contributed by atoms with van der Waals surface area (Å²) in [4.78, 5) is 4.89. The van der Waals surface area contributed by atoms with Crippen LogP contribution in [0.25, 0.3) is 10.6 Å². The van der Waals surface area contributed by atoms with Gasteiger partial charge < -0.3 is 5.32 Å². The van der Waals surface area contributed by atoms with Gasteiger partial charge in [-0.2, -0.15) is 0 Å². The quantitative estimate of drug-likeness (QED) is 0.878. The van der Waals surface area contributed by atoms with Crippen molar-refractivity contribution in [1.82, 2.24) is 10.3 Å². The SMILES string of the molecule is CC(C)(C)c1ccc(-c2nc(C3CCNCC3)cs2)cc1. The highest BCUT2D eigenvalue weighted by molar-refractivity contribution is 7.13. The Balaban J connectivity index is 1.79. The van der Waals surface area contributed by atoms with Crippen molar-refractivity contribution in [2.75, 3.05) is 13.1 Å². The van der Waals surface area contributed by atoms with Crippen molar-refractivity contribution >= 4 is 11.3 Å². The van der Waals surface area contributed by atoms with Gasteiger partial charge in [0.1, 0.15) is 5.01 Å². The minimum atomic E-state index is 0.210. The van der Waals surface area contributed by atoms with Crippen LogP contribution in [-0.4, -0.2) is 18.1 Å². The molecule has 0 radical (unpaired) electrons. The largest absolute Gasteiger partial charge is 0.317 e. The van der Waals surface area contributed by atoms with E-state index in [0.717, 1.165) is 18.1 Å². The molecule has 1 saturated heterocycles. The van der Waals surface area contributed by atoms with Gasteiger partial charge in [0, 0.05) is 16.9 Å². The van der Waals surface area contributed by atoms with E-state index in [9.17, 15) is 0 Å². The maximum atomic E-state index is 4.89. The van der Waals surface area contributed by atoms with Crippen LogP contribution in [0.3, 0.4) is 0 Å². The molecule has 0 amide bonds. The fraction of sp³-hybridized carbons (Fsp3) is 0.500. The molecule has 0 spiro atoms. The Kier molecular flexibility index (Phi) is 4.14. The van der Waals surface area contributed by atoms with E-state index in [1.165, 1.54) is 29.7 Å². The molecule has 1 aliphatic heterocycles. The number of hydrogen-bond acceptors (Lipinski definition) is 3. The molecule has 1 fully saturated rings. The van der Waals surface area contributed by atoms with E-state index in [0.29, 0.717) is 5.92 Å². The van der Waals surface area contributed by atoms with Crippen molar-refractivity contribution < 1.29 is 0 Å². The molecule has 1 aromatic heterocycles. The van der Waals surface area contributed by atoms with Crippen LogP contribution in [0.4, 0.5) is 0 Å². The molecule has 0 aliphatic carbocycles. The summed E-state index contributed by atoms with van der Waals surface area (Å²) < 4.78 is 0. The third-order valence-corrected chi connectivity index (χ3v) is 5.19. The average Bonchev–Trinajstić information content (AvgIpc) is 2.97. The number of benzene rings is 1. The van der Waals surface area contributed by atoms with Crippen LogP contribution in [-0.2, 0) is 5.41 Å². The molecule has 0 bridgehead atoms. The summed E-state index contributed by atoms with van der Waals surface area (Å²) in [7, 11) is 0. The van der Waals surface area contributed by atoms with Crippen molar-refractivity contribution in [1.29, 1.82) is 0 Å². The van der Waals surface area contributed by atoms with Crippen molar-refractivity contribution in [3.8, 4) is 10.6 Å². The number of aromatic nitrogens is 1. The van der Waals surface area contributed by atoms with E-state index in [2.05, 4.69) is 55.7 Å². The van der Waals surface area contributed by atoms with Gasteiger partial charge in [0.25, 0.3) is 0 Å². The highest BCUT2D eigenvalue weighted by atomic mass is 32.1. The monoisotopic (exact) mass is 300 g/mol. The average molecular weight is 300 g/mol. The van der Waals surface area contributed by atoms with Gasteiger partial charge in [0.05, 0.1) is 5.69 Å². The number of nitrogens with zero attached hydrogens (tertiary/aromatic N) is 1. The van der Waals surface area contributed by atoms with E-state index in [-0.39, 0.29) is 5.41 Å². The maximum absolute atomic E-state index is 4.89. The van der Waals surface area contributed by atoms with Crippen molar-refractivity contribution in [2.45, 2.75) is 44.9 Å². The molecule has 3 rings (SSSR count). The zero-order chi connectivity index (χ0) is 14.9. The fourth-order valence-electron chi connectivity index (χ4n) is 2.84. The number of thiazole rings is 1. The zero-order valence-corrected chi connectivity index (χ0v) is 14.0. The Morgan fingerprint density at radius 2 is 1.76 bits per heavy atom. The van der Waals surface area contributed by atoms with Crippen LogP contribution in [0, 0.1) is 0 Å². The number of hydrogen-bond donors (Lipinski definition) is 1. The third kappa shape index (κ3) is 3.35. The molecule has 3 heteroatoms. The predicted molar refractivity (Wildman–Crippen MR) is 91.1 cm³/mol. The van der Waals surface area contributed by atoms with Crippen LogP contribution >= 0.6 is 11.3 Å². The summed E-state index contributed by atoms with van der Waals surface area (Å²) in [5.41, 5.74) is 4.12. The minimum Gasteiger partial charge on any atom is -0.317 e. The molecule has 0 atom stereocenters. The first-order chi connectivity index (χ1) is 10.0. The second-order valence-corrected chi connectivity index (χ2v) is 7.79. The van der Waals surface area contributed by atoms with Gasteiger partial charge in [0.2, 0.25) is 0 Å². The van der Waals surface area contributed by atoms with Crippen LogP contribution in [0.5, 0.6) is 0 Å². The van der Waals surface area contributed by atoms with Gasteiger partial charge in [-0.15, -0.1) is 11.3 Å². The topological polar surface area (TPSA) is 24.9 Å². The molecular weight excluding hydrogens is 276 g/mol. The molecule has 1 N–H and O–H groups in total. The summed E-state index contributed by atoms with van der Waals surface area (Å²) >= 11 is 1.78. The van der Waals surface area contributed by atoms with Gasteiger partial charge in [-0.1, -0.05) is 45.0 Å². The van der Waals surface area contributed by atoms with E-state index in [1.54, 1.807) is 11.3 Å². The van der Waals surface area contributed by atoms with Gasteiger partial charge >= 0.3 is 0 Å². The summed E-state index contributed by atoms with van der Waals surface area (Å²) in [6.45, 7) is 9.00. The smallest absolute Gasteiger partial charge is 0.123 e. The summed E-state index contributed by atoms with van der Waals surface area (Å²) in [6, 6.07) is 8.90. The van der Waals surface area contributed by atoms with Crippen molar-refractivity contribution in [2.24, 2.45) is 0 Å². The normalized spacial score (nSPS) is 17.1. The first-order valence-corrected chi connectivity index (χ1v) is 8.69. The molecule has 2 nitrogen and oxygen atoms in total. The minimum absolute atomic E-state index is 0.210. The number of nitrogens with one attached hydrogen (secondary N) is 1. The first-order valence-electron chi connectivity index (χ1n) is 7.81. The van der Waals surface area contributed by atoms with E-state index < -0.39 is 0 Å². The molecule has 2 heterocycles. The van der Waals surface area contributed by atoms with Gasteiger partial charge in [-0.3, -0.25) is 0 Å². The molecular formula is C18H24N2S. The third-order valence-electron chi connectivity index (χ3n) is 4.28. The van der Waals surface area contributed by atoms with Crippen molar-refractivity contribution in [3.05, 3.63) is 40.9 Å². The molecule has 1 aliphatic rings. The lowest BCUT2D eigenvalue weighted by molar-refractivity contribution is 0.455. The highest BCUT2D eigenvalue weighted by Crippen LogP contribution is 2.32. The number of rotatable bonds is 2. The molecule has 1 aromatic carbocycles. The molecule has 2 aromatic rings. The Hall–Kier alpha value is -1.19. The van der Waals surface area contributed by atoms with Crippen LogP contribution in [0.15, 0.2) is 29.6 Å². The molecule has 112 valence electrons. The predicted octanol–water partition coefficient (Wildman–Crippen LogP) is 4.57. The maximum Gasteiger partial charge on any atom is 0.123 e. The Labute approximate surface area is 131 Å². The van der Waals surface area contributed by atoms with Gasteiger partial charge in [-0.05, 0) is 36.9 Å². The Morgan fingerprint density at radius 1 is 1.10 bits per heavy atom. The summed E-state index contributed by atoms with van der Waals surface area (Å²) in [5.74, 6) is 0.644. The summed E-state index contributed by atoms with van der Waals surface area (Å²) in [5, 5.41) is 6.83. The lowest BCUT2D eigenvalue weighted by atomic mass is 9.87. The fourth-order valence-corrected chi connectivity index (χ4v) is 3.74. The lowest BCUT2D eigenvalue weighted by Gasteiger charge is -2.20. The first kappa shape index (κ1) is 14.7. The molecule has 0 saturated carbocycles. The highest BCUT2D eigenvalue weighted by Gasteiger charge is 2.19. The number of piperidine rings is 1. The van der Waals surface area contributed by atoms with E-state index >= 15 is 0 Å². The second kappa shape index (κ2) is 5.90. The standard InChI is InChI=1S/C18H24N2S/c1-18(2,3)15-6-4-14(5-7-15)17-20-16(12-21-17)13-8-10-19-11-9-13/h4-7,12-13,19H,8-11H2,1-3H3. The Bertz CT molecular complexity index is 586.